The number of rotatable bonds is 9. The van der Waals surface area contributed by atoms with E-state index in [0.29, 0.717) is 45.8 Å². The molecule has 0 bridgehead atoms. The third kappa shape index (κ3) is 8.63. The summed E-state index contributed by atoms with van der Waals surface area (Å²) in [5.41, 5.74) is 3.32. The van der Waals surface area contributed by atoms with Gasteiger partial charge in [-0.1, -0.05) is 72.8 Å². The molecular formula is C33H41N3O5. The molecule has 3 aromatic carbocycles. The summed E-state index contributed by atoms with van der Waals surface area (Å²) in [7, 11) is 4.52. The van der Waals surface area contributed by atoms with Gasteiger partial charge in [-0.2, -0.15) is 0 Å². The Balaban J connectivity index is 1.69. The van der Waals surface area contributed by atoms with Crippen molar-refractivity contribution in [3.05, 3.63) is 102 Å². The fourth-order valence-corrected chi connectivity index (χ4v) is 5.44. The Bertz CT molecular complexity index is 1150. The molecule has 1 aliphatic heterocycles. The number of nitrogens with zero attached hydrogens (tertiary/aromatic N) is 3. The Morgan fingerprint density at radius 1 is 0.634 bits per heavy atom. The summed E-state index contributed by atoms with van der Waals surface area (Å²) in [5.74, 6) is 0.214. The van der Waals surface area contributed by atoms with Crippen LogP contribution in [0.15, 0.2) is 84.9 Å². The first-order valence-corrected chi connectivity index (χ1v) is 14.1. The van der Waals surface area contributed by atoms with E-state index in [1.807, 2.05) is 60.7 Å². The fourth-order valence-electron chi connectivity index (χ4n) is 5.44. The Hall–Kier alpha value is -3.72. The Morgan fingerprint density at radius 3 is 1.49 bits per heavy atom. The van der Waals surface area contributed by atoms with Gasteiger partial charge in [-0.3, -0.25) is 24.3 Å². The Kier molecular flexibility index (Phi) is 11.3. The third-order valence-electron chi connectivity index (χ3n) is 7.60. The molecule has 0 N–H and O–H groups in total. The van der Waals surface area contributed by atoms with Gasteiger partial charge in [0.15, 0.2) is 0 Å². The second-order valence-corrected chi connectivity index (χ2v) is 10.4. The summed E-state index contributed by atoms with van der Waals surface area (Å²) < 4.78 is 16.0. The van der Waals surface area contributed by atoms with Gasteiger partial charge in [-0.05, 0) is 35.2 Å². The number of benzene rings is 3. The molecule has 3 aromatic rings. The molecule has 0 aliphatic carbocycles. The molecule has 1 saturated heterocycles. The topological polar surface area (TPSA) is 71.5 Å². The summed E-state index contributed by atoms with van der Waals surface area (Å²) in [6.45, 7) is 3.93. The van der Waals surface area contributed by atoms with Crippen LogP contribution in [0.5, 0.6) is 5.75 Å². The quantitative estimate of drug-likeness (QED) is 0.365. The van der Waals surface area contributed by atoms with Crippen LogP contribution in [0.25, 0.3) is 0 Å². The van der Waals surface area contributed by atoms with E-state index in [4.69, 9.17) is 14.2 Å². The van der Waals surface area contributed by atoms with Gasteiger partial charge in [0.2, 0.25) is 0 Å². The maximum atomic E-state index is 13.3. The van der Waals surface area contributed by atoms with Crippen molar-refractivity contribution in [1.82, 2.24) is 14.7 Å². The van der Waals surface area contributed by atoms with Crippen LogP contribution in [0.4, 0.5) is 0 Å². The number of hydrogen-bond donors (Lipinski definition) is 0. The van der Waals surface area contributed by atoms with E-state index in [0.717, 1.165) is 28.9 Å². The van der Waals surface area contributed by atoms with Crippen molar-refractivity contribution in [2.75, 3.05) is 47.5 Å². The number of ether oxygens (including phenoxy) is 3. The zero-order valence-electron chi connectivity index (χ0n) is 24.3. The van der Waals surface area contributed by atoms with Crippen molar-refractivity contribution in [2.45, 2.75) is 38.1 Å². The van der Waals surface area contributed by atoms with Gasteiger partial charge in [0.1, 0.15) is 17.8 Å². The van der Waals surface area contributed by atoms with Crippen molar-refractivity contribution in [1.29, 1.82) is 0 Å². The van der Waals surface area contributed by atoms with Crippen molar-refractivity contribution < 1.29 is 23.8 Å². The predicted molar refractivity (Wildman–Crippen MR) is 158 cm³/mol. The van der Waals surface area contributed by atoms with E-state index in [-0.39, 0.29) is 11.9 Å². The van der Waals surface area contributed by atoms with Crippen LogP contribution in [0.3, 0.4) is 0 Å². The molecule has 1 aliphatic rings. The molecule has 1 unspecified atom stereocenters. The molecule has 2 atom stereocenters. The minimum absolute atomic E-state index is 0.281. The van der Waals surface area contributed by atoms with E-state index < -0.39 is 12.1 Å². The molecule has 0 radical (unpaired) electrons. The first-order chi connectivity index (χ1) is 20.0. The monoisotopic (exact) mass is 559 g/mol. The number of carbonyl (C=O) groups excluding carboxylic acids is 2. The van der Waals surface area contributed by atoms with Crippen LogP contribution < -0.4 is 4.74 Å². The summed E-state index contributed by atoms with van der Waals surface area (Å²) >= 11 is 0. The van der Waals surface area contributed by atoms with Crippen molar-refractivity contribution >= 4 is 11.9 Å². The van der Waals surface area contributed by atoms with Gasteiger partial charge in [0.05, 0.1) is 21.3 Å². The average Bonchev–Trinajstić information content (AvgIpc) is 3.01. The Labute approximate surface area is 243 Å². The highest BCUT2D eigenvalue weighted by molar-refractivity contribution is 5.77. The predicted octanol–water partition coefficient (Wildman–Crippen LogP) is 3.99. The first kappa shape index (κ1) is 30.2. The molecule has 1 fully saturated rings. The van der Waals surface area contributed by atoms with Gasteiger partial charge in [-0.15, -0.1) is 0 Å². The van der Waals surface area contributed by atoms with Crippen LogP contribution in [-0.2, 0) is 38.7 Å². The molecule has 0 saturated carbocycles. The second kappa shape index (κ2) is 15.3. The third-order valence-corrected chi connectivity index (χ3v) is 7.60. The highest BCUT2D eigenvalue weighted by Gasteiger charge is 2.35. The van der Waals surface area contributed by atoms with E-state index in [1.54, 1.807) is 7.11 Å². The SMILES string of the molecule is COC(=O)C1CN(Cc2ccc(OC)cc2)C[C@@H](C(=O)OC)N(Cc2ccccc2)CCCN1Cc1ccccc1. The maximum absolute atomic E-state index is 13.3. The van der Waals surface area contributed by atoms with E-state index in [9.17, 15) is 9.59 Å². The maximum Gasteiger partial charge on any atom is 0.324 e. The average molecular weight is 560 g/mol. The molecule has 8 nitrogen and oxygen atoms in total. The Morgan fingerprint density at radius 2 is 1.07 bits per heavy atom. The molecule has 4 rings (SSSR count). The van der Waals surface area contributed by atoms with Gasteiger partial charge in [0, 0.05) is 45.8 Å². The number of methoxy groups -OCH3 is 3. The molecule has 8 heteroatoms. The van der Waals surface area contributed by atoms with Crippen molar-refractivity contribution in [2.24, 2.45) is 0 Å². The lowest BCUT2D eigenvalue weighted by Crippen LogP contribution is -2.55. The highest BCUT2D eigenvalue weighted by atomic mass is 16.5. The van der Waals surface area contributed by atoms with Crippen molar-refractivity contribution in [3.8, 4) is 5.75 Å². The zero-order chi connectivity index (χ0) is 29.0. The lowest BCUT2D eigenvalue weighted by molar-refractivity contribution is -0.150. The normalized spacial score (nSPS) is 19.3. The van der Waals surface area contributed by atoms with Crippen molar-refractivity contribution in [3.63, 3.8) is 0 Å². The zero-order valence-corrected chi connectivity index (χ0v) is 24.3. The number of esters is 2. The van der Waals surface area contributed by atoms with Crippen LogP contribution in [0.1, 0.15) is 23.1 Å². The standard InChI is InChI=1S/C33H41N3O5/c1-39-29-17-15-28(16-18-29)21-34-24-30(32(37)40-2)35(22-26-11-6-4-7-12-26)19-10-20-36(31(25-34)33(38)41-3)23-27-13-8-5-9-14-27/h4-9,11-18,30-31H,10,19-25H2,1-3H3/t30-,31?/m0/s1. The van der Waals surface area contributed by atoms with Crippen LogP contribution in [-0.4, -0.2) is 86.2 Å². The lowest BCUT2D eigenvalue weighted by Gasteiger charge is -2.39. The summed E-state index contributed by atoms with van der Waals surface area (Å²) in [6.07, 6.45) is 0.777. The molecule has 218 valence electrons. The summed E-state index contributed by atoms with van der Waals surface area (Å²) in [4.78, 5) is 33.2. The van der Waals surface area contributed by atoms with Gasteiger partial charge < -0.3 is 14.2 Å². The molecule has 41 heavy (non-hydrogen) atoms. The van der Waals surface area contributed by atoms with Gasteiger partial charge in [-0.25, -0.2) is 0 Å². The minimum atomic E-state index is -0.502. The smallest absolute Gasteiger partial charge is 0.324 e. The van der Waals surface area contributed by atoms with E-state index in [1.165, 1.54) is 14.2 Å². The molecule has 0 amide bonds. The van der Waals surface area contributed by atoms with E-state index in [2.05, 4.69) is 39.0 Å². The lowest BCUT2D eigenvalue weighted by atomic mass is 10.1. The van der Waals surface area contributed by atoms with E-state index >= 15 is 0 Å². The molecular weight excluding hydrogens is 518 g/mol. The highest BCUT2D eigenvalue weighted by Crippen LogP contribution is 2.21. The van der Waals surface area contributed by atoms with Crippen LogP contribution >= 0.6 is 0 Å². The fraction of sp³-hybridized carbons (Fsp3) is 0.394. The number of hydrogen-bond acceptors (Lipinski definition) is 8. The van der Waals surface area contributed by atoms with Gasteiger partial charge in [0.25, 0.3) is 0 Å². The largest absolute Gasteiger partial charge is 0.497 e. The van der Waals surface area contributed by atoms with Crippen LogP contribution in [0.2, 0.25) is 0 Å². The molecule has 0 spiro atoms. The minimum Gasteiger partial charge on any atom is -0.497 e. The summed E-state index contributed by atoms with van der Waals surface area (Å²) in [6, 6.07) is 27.3. The van der Waals surface area contributed by atoms with Crippen LogP contribution in [0, 0.1) is 0 Å². The first-order valence-electron chi connectivity index (χ1n) is 14.1. The number of carbonyl (C=O) groups is 2. The summed E-state index contributed by atoms with van der Waals surface area (Å²) in [5, 5.41) is 0. The molecule has 0 aromatic heterocycles. The van der Waals surface area contributed by atoms with Gasteiger partial charge >= 0.3 is 11.9 Å². The molecule has 1 heterocycles. The second-order valence-electron chi connectivity index (χ2n) is 10.4.